The van der Waals surface area contributed by atoms with Crippen molar-refractivity contribution in [3.05, 3.63) is 17.7 Å². The van der Waals surface area contributed by atoms with Gasteiger partial charge in [0.25, 0.3) is 0 Å². The van der Waals surface area contributed by atoms with E-state index in [1.807, 2.05) is 0 Å². The fourth-order valence-electron chi connectivity index (χ4n) is 7.35. The maximum absolute atomic E-state index is 11.7. The summed E-state index contributed by atoms with van der Waals surface area (Å²) in [4.78, 5) is 23.4. The third-order valence-corrected chi connectivity index (χ3v) is 8.36. The topological polar surface area (TPSA) is 71.1 Å². The molecule has 6 heteroatoms. The summed E-state index contributed by atoms with van der Waals surface area (Å²) in [6.07, 6.45) is 5.42. The highest BCUT2D eigenvalue weighted by atomic mass is 16.6. The molecule has 1 aromatic rings. The lowest BCUT2D eigenvalue weighted by Crippen LogP contribution is -2.62. The van der Waals surface area contributed by atoms with Gasteiger partial charge in [-0.15, -0.1) is 0 Å². The minimum atomic E-state index is -0.487. The van der Waals surface area contributed by atoms with Crippen LogP contribution in [-0.4, -0.2) is 24.6 Å². The first-order chi connectivity index (χ1) is 14.9. The van der Waals surface area contributed by atoms with E-state index in [0.29, 0.717) is 11.7 Å². The normalized spacial score (nSPS) is 34.9. The van der Waals surface area contributed by atoms with E-state index in [9.17, 15) is 9.59 Å². The third-order valence-electron chi connectivity index (χ3n) is 8.36. The summed E-state index contributed by atoms with van der Waals surface area (Å²) in [6.45, 7) is 12.1. The summed E-state index contributed by atoms with van der Waals surface area (Å²) in [7, 11) is 1.74. The Bertz CT molecular complexity index is 936. The number of ether oxygens (including phenoxy) is 4. The summed E-state index contributed by atoms with van der Waals surface area (Å²) in [6, 6.07) is 3.42. The molecule has 6 nitrogen and oxygen atoms in total. The predicted molar refractivity (Wildman–Crippen MR) is 120 cm³/mol. The standard InChI is InChI=1S/C26H36O6/c1-15(27)30-19-13-17-18(14-20(19)31-16(2)28)32-26(6)12-9-21-24(3,4)10-8-11-25(21,5)23(26)22(17)29-7/h13-14,21-23H,8-12H2,1-7H3/t21-,22+,23+,25-,26-/m0/s1. The largest absolute Gasteiger partial charge is 0.487 e. The maximum atomic E-state index is 11.7. The first-order valence-electron chi connectivity index (χ1n) is 11.7. The van der Waals surface area contributed by atoms with E-state index in [4.69, 9.17) is 18.9 Å². The fraction of sp³-hybridized carbons (Fsp3) is 0.692. The van der Waals surface area contributed by atoms with Crippen molar-refractivity contribution in [1.82, 2.24) is 0 Å². The van der Waals surface area contributed by atoms with Crippen LogP contribution in [0.3, 0.4) is 0 Å². The van der Waals surface area contributed by atoms with Gasteiger partial charge in [-0.05, 0) is 55.4 Å². The van der Waals surface area contributed by atoms with Gasteiger partial charge >= 0.3 is 11.9 Å². The number of benzene rings is 1. The number of carbonyl (C=O) groups excluding carboxylic acids is 2. The molecule has 2 fully saturated rings. The number of fused-ring (bicyclic) bond motifs is 4. The molecule has 0 unspecified atom stereocenters. The minimum Gasteiger partial charge on any atom is -0.487 e. The molecule has 0 aromatic heterocycles. The van der Waals surface area contributed by atoms with Gasteiger partial charge in [0.15, 0.2) is 11.5 Å². The lowest BCUT2D eigenvalue weighted by Gasteiger charge is -2.64. The monoisotopic (exact) mass is 444 g/mol. The number of esters is 2. The Kier molecular flexibility index (Phi) is 5.60. The highest BCUT2D eigenvalue weighted by Gasteiger charge is 2.63. The molecule has 0 N–H and O–H groups in total. The number of methoxy groups -OCH3 is 1. The van der Waals surface area contributed by atoms with E-state index in [1.54, 1.807) is 19.2 Å². The molecule has 0 bridgehead atoms. The molecule has 1 aliphatic heterocycles. The molecule has 2 saturated carbocycles. The zero-order chi connectivity index (χ0) is 23.5. The van der Waals surface area contributed by atoms with Gasteiger partial charge in [-0.2, -0.15) is 0 Å². The first-order valence-corrected chi connectivity index (χ1v) is 11.7. The van der Waals surface area contributed by atoms with E-state index < -0.39 is 17.5 Å². The van der Waals surface area contributed by atoms with Crippen LogP contribution < -0.4 is 14.2 Å². The van der Waals surface area contributed by atoms with Crippen LogP contribution in [0.25, 0.3) is 0 Å². The summed E-state index contributed by atoms with van der Waals surface area (Å²) in [5, 5.41) is 0. The van der Waals surface area contributed by atoms with Crippen molar-refractivity contribution in [1.29, 1.82) is 0 Å². The fourth-order valence-corrected chi connectivity index (χ4v) is 7.35. The van der Waals surface area contributed by atoms with Gasteiger partial charge in [0, 0.05) is 38.5 Å². The van der Waals surface area contributed by atoms with Crippen LogP contribution in [0.2, 0.25) is 0 Å². The van der Waals surface area contributed by atoms with Crippen molar-refractivity contribution in [2.75, 3.05) is 7.11 Å². The SMILES string of the molecule is CO[C@@H]1c2cc(OC(C)=O)c(OC(C)=O)cc2O[C@@]2(C)CC[C@H]3C(C)(C)CCC[C@]3(C)[C@@H]12. The average molecular weight is 445 g/mol. The molecule has 0 spiro atoms. The molecule has 1 aromatic carbocycles. The molecule has 0 radical (unpaired) electrons. The van der Waals surface area contributed by atoms with Crippen molar-refractivity contribution in [2.24, 2.45) is 22.7 Å². The second kappa shape index (κ2) is 7.75. The van der Waals surface area contributed by atoms with E-state index in [-0.39, 0.29) is 34.4 Å². The van der Waals surface area contributed by atoms with Crippen LogP contribution >= 0.6 is 0 Å². The van der Waals surface area contributed by atoms with Gasteiger partial charge in [-0.3, -0.25) is 9.59 Å². The molecule has 2 aliphatic carbocycles. The third kappa shape index (κ3) is 3.60. The van der Waals surface area contributed by atoms with Crippen molar-refractivity contribution in [3.8, 4) is 17.2 Å². The number of hydrogen-bond donors (Lipinski definition) is 0. The van der Waals surface area contributed by atoms with E-state index in [1.165, 1.54) is 26.7 Å². The van der Waals surface area contributed by atoms with Gasteiger partial charge in [-0.1, -0.05) is 27.2 Å². The average Bonchev–Trinajstić information content (AvgIpc) is 2.65. The van der Waals surface area contributed by atoms with Crippen molar-refractivity contribution >= 4 is 11.9 Å². The van der Waals surface area contributed by atoms with Crippen LogP contribution in [0.5, 0.6) is 17.2 Å². The van der Waals surface area contributed by atoms with Gasteiger partial charge in [0.05, 0.1) is 6.10 Å². The Morgan fingerprint density at radius 1 is 0.969 bits per heavy atom. The molecule has 3 aliphatic rings. The number of rotatable bonds is 3. The Morgan fingerprint density at radius 3 is 2.19 bits per heavy atom. The van der Waals surface area contributed by atoms with Gasteiger partial charge in [-0.25, -0.2) is 0 Å². The van der Waals surface area contributed by atoms with Gasteiger partial charge < -0.3 is 18.9 Å². The van der Waals surface area contributed by atoms with Crippen LogP contribution in [0.15, 0.2) is 12.1 Å². The molecular formula is C26H36O6. The highest BCUT2D eigenvalue weighted by molar-refractivity contribution is 5.74. The summed E-state index contributed by atoms with van der Waals surface area (Å²) in [5.74, 6) is 0.782. The first kappa shape index (κ1) is 23.1. The summed E-state index contributed by atoms with van der Waals surface area (Å²) < 4.78 is 23.6. The molecular weight excluding hydrogens is 408 g/mol. The lowest BCUT2D eigenvalue weighted by molar-refractivity contribution is -0.207. The van der Waals surface area contributed by atoms with Crippen LogP contribution in [0, 0.1) is 22.7 Å². The molecule has 1 heterocycles. The highest BCUT2D eigenvalue weighted by Crippen LogP contribution is 2.67. The molecule has 32 heavy (non-hydrogen) atoms. The molecule has 4 rings (SSSR count). The lowest BCUT2D eigenvalue weighted by atomic mass is 9.44. The smallest absolute Gasteiger partial charge is 0.308 e. The van der Waals surface area contributed by atoms with Crippen molar-refractivity contribution in [2.45, 2.75) is 85.4 Å². The van der Waals surface area contributed by atoms with Gasteiger partial charge in [0.1, 0.15) is 11.4 Å². The van der Waals surface area contributed by atoms with Crippen molar-refractivity contribution < 1.29 is 28.5 Å². The Hall–Kier alpha value is -2.08. The van der Waals surface area contributed by atoms with Crippen LogP contribution in [-0.2, 0) is 14.3 Å². The molecule has 176 valence electrons. The Morgan fingerprint density at radius 2 is 1.59 bits per heavy atom. The predicted octanol–water partition coefficient (Wildman–Crippen LogP) is 5.62. The second-order valence-electron chi connectivity index (χ2n) is 11.0. The second-order valence-corrected chi connectivity index (χ2v) is 11.0. The van der Waals surface area contributed by atoms with Crippen LogP contribution in [0.1, 0.15) is 85.3 Å². The Labute approximate surface area is 190 Å². The van der Waals surface area contributed by atoms with E-state index in [0.717, 1.165) is 24.8 Å². The zero-order valence-electron chi connectivity index (χ0n) is 20.4. The minimum absolute atomic E-state index is 0.0588. The number of hydrogen-bond acceptors (Lipinski definition) is 6. The van der Waals surface area contributed by atoms with E-state index in [2.05, 4.69) is 27.7 Å². The van der Waals surface area contributed by atoms with Crippen LogP contribution in [0.4, 0.5) is 0 Å². The zero-order valence-corrected chi connectivity index (χ0v) is 20.4. The molecule has 0 saturated heterocycles. The molecule has 0 amide bonds. The molecule has 5 atom stereocenters. The quantitative estimate of drug-likeness (QED) is 0.445. The maximum Gasteiger partial charge on any atom is 0.308 e. The summed E-state index contributed by atoms with van der Waals surface area (Å²) >= 11 is 0. The number of carbonyl (C=O) groups is 2. The van der Waals surface area contributed by atoms with E-state index >= 15 is 0 Å². The van der Waals surface area contributed by atoms with Crippen molar-refractivity contribution in [3.63, 3.8) is 0 Å². The summed E-state index contributed by atoms with van der Waals surface area (Å²) in [5.41, 5.74) is 0.772. The van der Waals surface area contributed by atoms with Gasteiger partial charge in [0.2, 0.25) is 0 Å². The Balaban J connectivity index is 1.85.